The lowest BCUT2D eigenvalue weighted by atomic mass is 9.79. The third-order valence-corrected chi connectivity index (χ3v) is 4.69. The zero-order chi connectivity index (χ0) is 14.6. The van der Waals surface area contributed by atoms with Crippen LogP contribution >= 0.6 is 0 Å². The topological polar surface area (TPSA) is 37.4 Å². The van der Waals surface area contributed by atoms with Gasteiger partial charge >= 0.3 is 0 Å². The molecule has 1 aliphatic heterocycles. The molecule has 0 fully saturated rings. The Morgan fingerprint density at radius 2 is 1.57 bits per heavy atom. The summed E-state index contributed by atoms with van der Waals surface area (Å²) in [6, 6.07) is 15.8. The number of hydrogen-bond donors (Lipinski definition) is 0. The molecule has 1 aliphatic carbocycles. The first-order valence-electron chi connectivity index (χ1n) is 7.15. The van der Waals surface area contributed by atoms with Crippen LogP contribution in [-0.4, -0.2) is 11.8 Å². The number of hydrogen-bond acceptors (Lipinski definition) is 2. The Balaban J connectivity index is 1.92. The maximum atomic E-state index is 13.0. The van der Waals surface area contributed by atoms with Gasteiger partial charge in [-0.3, -0.25) is 9.59 Å². The molecule has 0 unspecified atom stereocenters. The molecule has 3 nitrogen and oxygen atoms in total. The monoisotopic (exact) mass is 277 g/mol. The second-order valence-corrected chi connectivity index (χ2v) is 5.88. The van der Waals surface area contributed by atoms with Crippen molar-refractivity contribution in [3.8, 4) is 0 Å². The molecule has 0 N–H and O–H groups in total. The lowest BCUT2D eigenvalue weighted by molar-refractivity contribution is -0.128. The molecule has 0 aromatic heterocycles. The fourth-order valence-electron chi connectivity index (χ4n) is 3.78. The first kappa shape index (κ1) is 12.3. The van der Waals surface area contributed by atoms with Gasteiger partial charge in [0.05, 0.1) is 11.1 Å². The highest BCUT2D eigenvalue weighted by molar-refractivity contribution is 6.22. The van der Waals surface area contributed by atoms with Crippen molar-refractivity contribution in [3.63, 3.8) is 0 Å². The molecule has 2 aliphatic rings. The third kappa shape index (κ3) is 1.49. The smallest absolute Gasteiger partial charge is 0.245 e. The molecule has 0 saturated carbocycles. The molecule has 0 bridgehead atoms. The van der Waals surface area contributed by atoms with E-state index < -0.39 is 5.41 Å². The predicted octanol–water partition coefficient (Wildman–Crippen LogP) is 2.62. The molecular formula is C18H15NO2. The second-order valence-electron chi connectivity index (χ2n) is 5.88. The van der Waals surface area contributed by atoms with Gasteiger partial charge in [0.2, 0.25) is 11.8 Å². The SMILES string of the molecule is CC(=O)N1C(=O)C2(Cc3ccccc3C2)c2ccccc21. The number of fused-ring (bicyclic) bond motifs is 3. The Morgan fingerprint density at radius 1 is 1.00 bits per heavy atom. The molecule has 2 aromatic rings. The fourth-order valence-corrected chi connectivity index (χ4v) is 3.78. The Bertz CT molecular complexity index is 753. The number of carbonyl (C=O) groups excluding carboxylic acids is 2. The Labute approximate surface area is 123 Å². The van der Waals surface area contributed by atoms with E-state index in [2.05, 4.69) is 12.1 Å². The van der Waals surface area contributed by atoms with Gasteiger partial charge in [-0.05, 0) is 35.6 Å². The van der Waals surface area contributed by atoms with Crippen LogP contribution in [0.4, 0.5) is 5.69 Å². The summed E-state index contributed by atoms with van der Waals surface area (Å²) in [4.78, 5) is 26.3. The molecule has 0 atom stereocenters. The first-order chi connectivity index (χ1) is 10.1. The largest absolute Gasteiger partial charge is 0.274 e. The standard InChI is InChI=1S/C18H15NO2/c1-12(20)19-16-9-5-4-8-15(16)18(17(19)21)10-13-6-2-3-7-14(13)11-18/h2-9H,10-11H2,1H3. The van der Waals surface area contributed by atoms with Gasteiger partial charge in [0.1, 0.15) is 0 Å². The number of carbonyl (C=O) groups is 2. The molecule has 1 heterocycles. The summed E-state index contributed by atoms with van der Waals surface area (Å²) >= 11 is 0. The molecule has 0 radical (unpaired) electrons. The van der Waals surface area contributed by atoms with Gasteiger partial charge in [-0.25, -0.2) is 4.90 Å². The normalized spacial score (nSPS) is 18.0. The second kappa shape index (κ2) is 4.04. The van der Waals surface area contributed by atoms with Crippen molar-refractivity contribution in [2.24, 2.45) is 0 Å². The summed E-state index contributed by atoms with van der Waals surface area (Å²) < 4.78 is 0. The zero-order valence-electron chi connectivity index (χ0n) is 11.8. The van der Waals surface area contributed by atoms with Crippen LogP contribution in [0.15, 0.2) is 48.5 Å². The summed E-state index contributed by atoms with van der Waals surface area (Å²) in [7, 11) is 0. The predicted molar refractivity (Wildman–Crippen MR) is 80.1 cm³/mol. The van der Waals surface area contributed by atoms with Crippen LogP contribution in [0.3, 0.4) is 0 Å². The van der Waals surface area contributed by atoms with E-state index in [9.17, 15) is 9.59 Å². The van der Waals surface area contributed by atoms with Crippen molar-refractivity contribution in [2.75, 3.05) is 4.90 Å². The van der Waals surface area contributed by atoms with Gasteiger partial charge in [-0.1, -0.05) is 42.5 Å². The summed E-state index contributed by atoms with van der Waals surface area (Å²) in [6.45, 7) is 1.45. The number of anilines is 1. The average molecular weight is 277 g/mol. The highest BCUT2D eigenvalue weighted by Gasteiger charge is 2.54. The number of nitrogens with zero attached hydrogens (tertiary/aromatic N) is 1. The molecule has 4 rings (SSSR count). The minimum Gasteiger partial charge on any atom is -0.274 e. The van der Waals surface area contributed by atoms with Crippen LogP contribution in [0.5, 0.6) is 0 Å². The number of imide groups is 1. The van der Waals surface area contributed by atoms with Gasteiger partial charge in [0, 0.05) is 6.92 Å². The summed E-state index contributed by atoms with van der Waals surface area (Å²) in [5.74, 6) is -0.285. The van der Waals surface area contributed by atoms with Crippen molar-refractivity contribution in [3.05, 3.63) is 65.2 Å². The maximum Gasteiger partial charge on any atom is 0.245 e. The van der Waals surface area contributed by atoms with Gasteiger partial charge in [-0.2, -0.15) is 0 Å². The highest BCUT2D eigenvalue weighted by atomic mass is 16.2. The van der Waals surface area contributed by atoms with Gasteiger partial charge in [0.15, 0.2) is 0 Å². The van der Waals surface area contributed by atoms with E-state index in [-0.39, 0.29) is 11.8 Å². The summed E-state index contributed by atoms with van der Waals surface area (Å²) in [5, 5.41) is 0. The number of para-hydroxylation sites is 1. The van der Waals surface area contributed by atoms with E-state index in [0.29, 0.717) is 12.8 Å². The molecule has 104 valence electrons. The Morgan fingerprint density at radius 3 is 2.19 bits per heavy atom. The van der Waals surface area contributed by atoms with Gasteiger partial charge in [0.25, 0.3) is 0 Å². The molecule has 21 heavy (non-hydrogen) atoms. The molecule has 0 saturated heterocycles. The van der Waals surface area contributed by atoms with Gasteiger partial charge in [-0.15, -0.1) is 0 Å². The molecule has 2 aromatic carbocycles. The van der Waals surface area contributed by atoms with E-state index in [1.165, 1.54) is 23.0 Å². The number of benzene rings is 2. The summed E-state index contributed by atoms with van der Waals surface area (Å²) in [5.41, 5.74) is 3.58. The van der Waals surface area contributed by atoms with Crippen molar-refractivity contribution < 1.29 is 9.59 Å². The van der Waals surface area contributed by atoms with E-state index in [1.54, 1.807) is 0 Å². The van der Waals surface area contributed by atoms with E-state index in [1.807, 2.05) is 36.4 Å². The van der Waals surface area contributed by atoms with Gasteiger partial charge < -0.3 is 0 Å². The highest BCUT2D eigenvalue weighted by Crippen LogP contribution is 2.49. The quantitative estimate of drug-likeness (QED) is 0.742. The maximum absolute atomic E-state index is 13.0. The van der Waals surface area contributed by atoms with E-state index in [0.717, 1.165) is 11.3 Å². The molecule has 1 spiro atoms. The molecule has 2 amide bonds. The van der Waals surface area contributed by atoms with Crippen LogP contribution in [-0.2, 0) is 27.8 Å². The number of rotatable bonds is 0. The molecular weight excluding hydrogens is 262 g/mol. The lowest BCUT2D eigenvalue weighted by Gasteiger charge is -2.22. The minimum atomic E-state index is -0.591. The van der Waals surface area contributed by atoms with E-state index >= 15 is 0 Å². The Kier molecular flexibility index (Phi) is 2.37. The minimum absolute atomic E-state index is 0.0765. The van der Waals surface area contributed by atoms with Crippen LogP contribution in [0.1, 0.15) is 23.6 Å². The van der Waals surface area contributed by atoms with Crippen molar-refractivity contribution >= 4 is 17.5 Å². The third-order valence-electron chi connectivity index (χ3n) is 4.69. The average Bonchev–Trinajstić information content (AvgIpc) is 2.97. The lowest BCUT2D eigenvalue weighted by Crippen LogP contribution is -2.43. The van der Waals surface area contributed by atoms with Crippen molar-refractivity contribution in [1.82, 2.24) is 0 Å². The fraction of sp³-hybridized carbons (Fsp3) is 0.222. The van der Waals surface area contributed by atoms with Crippen LogP contribution in [0.2, 0.25) is 0 Å². The Hall–Kier alpha value is -2.42. The van der Waals surface area contributed by atoms with Crippen LogP contribution in [0, 0.1) is 0 Å². The zero-order valence-corrected chi connectivity index (χ0v) is 11.8. The number of amides is 2. The van der Waals surface area contributed by atoms with Crippen molar-refractivity contribution in [2.45, 2.75) is 25.2 Å². The summed E-state index contributed by atoms with van der Waals surface area (Å²) in [6.07, 6.45) is 1.37. The van der Waals surface area contributed by atoms with Crippen LogP contribution < -0.4 is 4.90 Å². The van der Waals surface area contributed by atoms with E-state index in [4.69, 9.17) is 0 Å². The van der Waals surface area contributed by atoms with Crippen molar-refractivity contribution in [1.29, 1.82) is 0 Å². The first-order valence-corrected chi connectivity index (χ1v) is 7.15. The van der Waals surface area contributed by atoms with Crippen LogP contribution in [0.25, 0.3) is 0 Å². The molecule has 3 heteroatoms.